The van der Waals surface area contributed by atoms with E-state index in [4.69, 9.17) is 4.98 Å². The fourth-order valence-corrected chi connectivity index (χ4v) is 5.64. The first-order valence-electron chi connectivity index (χ1n) is 10.6. The number of fused-ring (bicyclic) bond motifs is 2. The van der Waals surface area contributed by atoms with Crippen LogP contribution >= 0.6 is 11.3 Å². The molecule has 1 amide bonds. The van der Waals surface area contributed by atoms with E-state index in [9.17, 15) is 9.59 Å². The molecule has 0 radical (unpaired) electrons. The third kappa shape index (κ3) is 3.29. The van der Waals surface area contributed by atoms with Crippen molar-refractivity contribution in [2.75, 3.05) is 31.1 Å². The number of nitrogens with zero attached hydrogens (tertiary/aromatic N) is 5. The number of hydrogen-bond donors (Lipinski definition) is 0. The summed E-state index contributed by atoms with van der Waals surface area (Å²) in [5.74, 6) is 0.890. The van der Waals surface area contributed by atoms with Crippen LogP contribution in [0.5, 0.6) is 0 Å². The molecule has 0 N–H and O–H groups in total. The Morgan fingerprint density at radius 3 is 2.57 bits per heavy atom. The Morgan fingerprint density at radius 1 is 1.03 bits per heavy atom. The summed E-state index contributed by atoms with van der Waals surface area (Å²) in [7, 11) is 0. The topological polar surface area (TPSA) is 71.3 Å². The van der Waals surface area contributed by atoms with E-state index in [0.717, 1.165) is 62.4 Å². The normalized spacial score (nSPS) is 17.1. The first kappa shape index (κ1) is 19.2. The van der Waals surface area contributed by atoms with Gasteiger partial charge in [-0.25, -0.2) is 4.98 Å². The van der Waals surface area contributed by atoms with Gasteiger partial charge in [-0.3, -0.25) is 19.1 Å². The molecule has 0 atom stereocenters. The van der Waals surface area contributed by atoms with Crippen molar-refractivity contribution in [3.63, 3.8) is 0 Å². The van der Waals surface area contributed by atoms with Crippen LogP contribution in [0.4, 0.5) is 5.69 Å². The number of thiophene rings is 1. The average Bonchev–Trinajstić information content (AvgIpc) is 2.95. The highest BCUT2D eigenvalue weighted by Gasteiger charge is 2.27. The second-order valence-corrected chi connectivity index (χ2v) is 9.02. The molecule has 2 aliphatic heterocycles. The molecule has 5 heterocycles. The minimum absolute atomic E-state index is 0.0180. The molecule has 1 fully saturated rings. The maximum absolute atomic E-state index is 13.3. The molecule has 0 unspecified atom stereocenters. The van der Waals surface area contributed by atoms with Crippen molar-refractivity contribution in [1.82, 2.24) is 19.4 Å². The van der Waals surface area contributed by atoms with Crippen LogP contribution in [-0.4, -0.2) is 51.5 Å². The van der Waals surface area contributed by atoms with Crippen LogP contribution in [0, 0.1) is 6.92 Å². The Bertz CT molecular complexity index is 1150. The van der Waals surface area contributed by atoms with E-state index in [0.29, 0.717) is 28.2 Å². The van der Waals surface area contributed by atoms with E-state index in [1.54, 1.807) is 12.4 Å². The van der Waals surface area contributed by atoms with Gasteiger partial charge in [-0.05, 0) is 37.5 Å². The van der Waals surface area contributed by atoms with Gasteiger partial charge in [-0.15, -0.1) is 11.3 Å². The smallest absolute Gasteiger partial charge is 0.264 e. The summed E-state index contributed by atoms with van der Waals surface area (Å²) in [6.07, 6.45) is 7.63. The summed E-state index contributed by atoms with van der Waals surface area (Å²) in [5.41, 5.74) is 1.94. The van der Waals surface area contributed by atoms with Gasteiger partial charge in [0.05, 0.1) is 10.3 Å². The van der Waals surface area contributed by atoms with Crippen LogP contribution in [0.25, 0.3) is 10.2 Å². The van der Waals surface area contributed by atoms with Gasteiger partial charge >= 0.3 is 0 Å². The van der Waals surface area contributed by atoms with Crippen molar-refractivity contribution in [3.05, 3.63) is 51.1 Å². The monoisotopic (exact) mass is 423 g/mol. The van der Waals surface area contributed by atoms with Gasteiger partial charge in [-0.1, -0.05) is 6.42 Å². The maximum Gasteiger partial charge on any atom is 0.264 e. The van der Waals surface area contributed by atoms with E-state index in [2.05, 4.69) is 9.88 Å². The Kier molecular flexibility index (Phi) is 5.02. The maximum atomic E-state index is 13.3. The number of aryl methyl sites for hydroxylation is 2. The molecule has 3 aromatic rings. The molecule has 30 heavy (non-hydrogen) atoms. The zero-order valence-corrected chi connectivity index (χ0v) is 18.0. The standard InChI is InChI=1S/C22H25N5O2S/c1-15-18-20(24-17-5-3-2-4-10-27(17)21(18)28)30-19(15)22(29)26-13-11-25(12-14-26)16-6-8-23-9-7-16/h6-9H,2-5,10-14H2,1H3. The van der Waals surface area contributed by atoms with E-state index >= 15 is 0 Å². The van der Waals surface area contributed by atoms with Crippen molar-refractivity contribution >= 4 is 33.1 Å². The number of piperazine rings is 1. The number of anilines is 1. The van der Waals surface area contributed by atoms with Crippen molar-refractivity contribution in [3.8, 4) is 0 Å². The Balaban J connectivity index is 1.41. The molecule has 0 saturated carbocycles. The van der Waals surface area contributed by atoms with Gasteiger partial charge in [0.25, 0.3) is 11.5 Å². The number of carbonyl (C=O) groups is 1. The molecular weight excluding hydrogens is 398 g/mol. The lowest BCUT2D eigenvalue weighted by Gasteiger charge is -2.36. The lowest BCUT2D eigenvalue weighted by molar-refractivity contribution is 0.0751. The number of aromatic nitrogens is 3. The molecule has 1 saturated heterocycles. The summed E-state index contributed by atoms with van der Waals surface area (Å²) in [6.45, 7) is 5.53. The largest absolute Gasteiger partial charge is 0.368 e. The molecule has 8 heteroatoms. The fraction of sp³-hybridized carbons (Fsp3) is 0.455. The third-order valence-corrected chi connectivity index (χ3v) is 7.37. The fourth-order valence-electron chi connectivity index (χ4n) is 4.48. The predicted octanol–water partition coefficient (Wildman–Crippen LogP) is 2.85. The van der Waals surface area contributed by atoms with Crippen LogP contribution < -0.4 is 10.5 Å². The van der Waals surface area contributed by atoms with Crippen molar-refractivity contribution in [1.29, 1.82) is 0 Å². The summed E-state index contributed by atoms with van der Waals surface area (Å²) < 4.78 is 1.83. The second-order valence-electron chi connectivity index (χ2n) is 8.02. The number of carbonyl (C=O) groups excluding carboxylic acids is 1. The summed E-state index contributed by atoms with van der Waals surface area (Å²) in [5, 5.41) is 0.629. The summed E-state index contributed by atoms with van der Waals surface area (Å²) >= 11 is 1.38. The van der Waals surface area contributed by atoms with Crippen LogP contribution in [0.1, 0.15) is 40.3 Å². The van der Waals surface area contributed by atoms with Crippen molar-refractivity contribution < 1.29 is 4.79 Å². The first-order chi connectivity index (χ1) is 14.6. The van der Waals surface area contributed by atoms with Crippen molar-refractivity contribution in [2.45, 2.75) is 39.2 Å². The van der Waals surface area contributed by atoms with Crippen LogP contribution in [0.15, 0.2) is 29.3 Å². The average molecular weight is 424 g/mol. The molecule has 2 aliphatic rings. The van der Waals surface area contributed by atoms with Gasteiger partial charge in [0.1, 0.15) is 10.7 Å². The van der Waals surface area contributed by atoms with Gasteiger partial charge in [0, 0.05) is 57.2 Å². The third-order valence-electron chi connectivity index (χ3n) is 6.20. The quantitative estimate of drug-likeness (QED) is 0.634. The highest BCUT2D eigenvalue weighted by atomic mass is 32.1. The molecule has 3 aromatic heterocycles. The number of rotatable bonds is 2. The highest BCUT2D eigenvalue weighted by molar-refractivity contribution is 7.20. The SMILES string of the molecule is Cc1c(C(=O)N2CCN(c3ccncc3)CC2)sc2nc3n(c(=O)c12)CCCCC3. The van der Waals surface area contributed by atoms with E-state index in [-0.39, 0.29) is 11.5 Å². The molecule has 0 bridgehead atoms. The van der Waals surface area contributed by atoms with E-state index in [1.165, 1.54) is 11.3 Å². The van der Waals surface area contributed by atoms with Gasteiger partial charge in [0.15, 0.2) is 0 Å². The van der Waals surface area contributed by atoms with Crippen LogP contribution in [0.2, 0.25) is 0 Å². The first-order valence-corrected chi connectivity index (χ1v) is 11.4. The Morgan fingerprint density at radius 2 is 1.80 bits per heavy atom. The summed E-state index contributed by atoms with van der Waals surface area (Å²) in [4.78, 5) is 40.9. The molecule has 0 aromatic carbocycles. The van der Waals surface area contributed by atoms with Gasteiger partial charge < -0.3 is 9.80 Å². The lowest BCUT2D eigenvalue weighted by Crippen LogP contribution is -2.48. The minimum atomic E-state index is 0.0180. The van der Waals surface area contributed by atoms with Crippen LogP contribution in [0.3, 0.4) is 0 Å². The molecular formula is C22H25N5O2S. The lowest BCUT2D eigenvalue weighted by atomic mass is 10.2. The number of amides is 1. The molecule has 0 aliphatic carbocycles. The zero-order chi connectivity index (χ0) is 20.7. The second kappa shape index (κ2) is 7.83. The Hall–Kier alpha value is -2.74. The van der Waals surface area contributed by atoms with Crippen LogP contribution in [-0.2, 0) is 13.0 Å². The Labute approximate surface area is 179 Å². The van der Waals surface area contributed by atoms with E-state index < -0.39 is 0 Å². The number of pyridine rings is 1. The minimum Gasteiger partial charge on any atom is -0.368 e. The highest BCUT2D eigenvalue weighted by Crippen LogP contribution is 2.30. The predicted molar refractivity (Wildman–Crippen MR) is 119 cm³/mol. The van der Waals surface area contributed by atoms with Gasteiger partial charge in [-0.2, -0.15) is 0 Å². The molecule has 5 rings (SSSR count). The molecule has 7 nitrogen and oxygen atoms in total. The molecule has 156 valence electrons. The zero-order valence-electron chi connectivity index (χ0n) is 17.1. The van der Waals surface area contributed by atoms with Crippen molar-refractivity contribution in [2.24, 2.45) is 0 Å². The number of hydrogen-bond acceptors (Lipinski definition) is 6. The van der Waals surface area contributed by atoms with E-state index in [1.807, 2.05) is 28.5 Å². The summed E-state index contributed by atoms with van der Waals surface area (Å²) in [6, 6.07) is 3.99. The molecule has 0 spiro atoms. The van der Waals surface area contributed by atoms with Gasteiger partial charge in [0.2, 0.25) is 0 Å².